The van der Waals surface area contributed by atoms with Crippen LogP contribution in [0.4, 0.5) is 0 Å². The monoisotopic (exact) mass is 305 g/mol. The van der Waals surface area contributed by atoms with Gasteiger partial charge in [-0.3, -0.25) is 9.59 Å². The van der Waals surface area contributed by atoms with Crippen LogP contribution in [0.5, 0.6) is 0 Å². The minimum atomic E-state index is -0.277. The normalized spacial score (nSPS) is 17.2. The van der Waals surface area contributed by atoms with Crippen molar-refractivity contribution in [1.82, 2.24) is 4.90 Å². The number of hydrogen-bond acceptors (Lipinski definition) is 4. The van der Waals surface area contributed by atoms with Crippen molar-refractivity contribution in [2.45, 2.75) is 32.3 Å². The van der Waals surface area contributed by atoms with Gasteiger partial charge in [-0.15, -0.1) is 0 Å². The first-order chi connectivity index (χ1) is 10.7. The minimum absolute atomic E-state index is 0.0647. The summed E-state index contributed by atoms with van der Waals surface area (Å²) < 4.78 is 10.6. The highest BCUT2D eigenvalue weighted by Gasteiger charge is 2.24. The fraction of sp³-hybridized carbons (Fsp3) is 0.529. The van der Waals surface area contributed by atoms with E-state index in [0.717, 1.165) is 19.4 Å². The van der Waals surface area contributed by atoms with E-state index in [1.807, 2.05) is 18.2 Å². The molecule has 22 heavy (non-hydrogen) atoms. The SMILES string of the molecule is CCOC(=O)CCN(CC1CCCO1)C(=O)c1ccccc1. The lowest BCUT2D eigenvalue weighted by molar-refractivity contribution is -0.143. The Hall–Kier alpha value is -1.88. The lowest BCUT2D eigenvalue weighted by Crippen LogP contribution is -2.39. The molecule has 0 aliphatic carbocycles. The van der Waals surface area contributed by atoms with Gasteiger partial charge in [-0.05, 0) is 31.9 Å². The Kier molecular flexibility index (Phi) is 6.40. The van der Waals surface area contributed by atoms with Gasteiger partial charge in [-0.2, -0.15) is 0 Å². The number of carbonyl (C=O) groups is 2. The van der Waals surface area contributed by atoms with Gasteiger partial charge in [0.25, 0.3) is 5.91 Å². The van der Waals surface area contributed by atoms with Gasteiger partial charge >= 0.3 is 5.97 Å². The molecule has 1 amide bonds. The van der Waals surface area contributed by atoms with Gasteiger partial charge in [-0.25, -0.2) is 0 Å². The lowest BCUT2D eigenvalue weighted by atomic mass is 10.1. The van der Waals surface area contributed by atoms with Gasteiger partial charge < -0.3 is 14.4 Å². The van der Waals surface area contributed by atoms with Crippen LogP contribution in [0.25, 0.3) is 0 Å². The number of benzene rings is 1. The van der Waals surface area contributed by atoms with Crippen molar-refractivity contribution < 1.29 is 19.1 Å². The summed E-state index contributed by atoms with van der Waals surface area (Å²) in [5, 5.41) is 0. The van der Waals surface area contributed by atoms with Crippen LogP contribution in [0.3, 0.4) is 0 Å². The summed E-state index contributed by atoms with van der Waals surface area (Å²) in [4.78, 5) is 25.9. The Morgan fingerprint density at radius 1 is 1.32 bits per heavy atom. The number of carbonyl (C=O) groups excluding carboxylic acids is 2. The Bertz CT molecular complexity index is 483. The van der Waals surface area contributed by atoms with E-state index >= 15 is 0 Å². The van der Waals surface area contributed by atoms with E-state index in [2.05, 4.69) is 0 Å². The van der Waals surface area contributed by atoms with Crippen molar-refractivity contribution in [3.8, 4) is 0 Å². The zero-order chi connectivity index (χ0) is 15.8. The third-order valence-electron chi connectivity index (χ3n) is 3.65. The quantitative estimate of drug-likeness (QED) is 0.725. The molecule has 5 heteroatoms. The third-order valence-corrected chi connectivity index (χ3v) is 3.65. The van der Waals surface area contributed by atoms with E-state index in [-0.39, 0.29) is 24.4 Å². The topological polar surface area (TPSA) is 55.8 Å². The van der Waals surface area contributed by atoms with E-state index in [1.54, 1.807) is 24.0 Å². The molecule has 2 rings (SSSR count). The molecule has 0 bridgehead atoms. The standard InChI is InChI=1S/C17H23NO4/c1-2-21-16(19)10-11-18(13-15-9-6-12-22-15)17(20)14-7-4-3-5-8-14/h3-5,7-8,15H,2,6,9-13H2,1H3. The maximum Gasteiger partial charge on any atom is 0.307 e. The summed E-state index contributed by atoms with van der Waals surface area (Å²) in [6.45, 7) is 3.75. The average Bonchev–Trinajstić information content (AvgIpc) is 3.05. The van der Waals surface area contributed by atoms with Crippen molar-refractivity contribution in [3.63, 3.8) is 0 Å². The first-order valence-electron chi connectivity index (χ1n) is 7.82. The molecule has 0 N–H and O–H groups in total. The first-order valence-corrected chi connectivity index (χ1v) is 7.82. The zero-order valence-electron chi connectivity index (χ0n) is 13.0. The van der Waals surface area contributed by atoms with Crippen molar-refractivity contribution in [1.29, 1.82) is 0 Å². The number of rotatable bonds is 7. The van der Waals surface area contributed by atoms with Crippen LogP contribution in [0, 0.1) is 0 Å². The average molecular weight is 305 g/mol. The second-order valence-corrected chi connectivity index (χ2v) is 5.31. The highest BCUT2D eigenvalue weighted by Crippen LogP contribution is 2.15. The van der Waals surface area contributed by atoms with Gasteiger partial charge in [0.05, 0.1) is 19.1 Å². The fourth-order valence-corrected chi connectivity index (χ4v) is 2.53. The van der Waals surface area contributed by atoms with Gasteiger partial charge in [0, 0.05) is 25.3 Å². The molecule has 1 saturated heterocycles. The molecular formula is C17H23NO4. The van der Waals surface area contributed by atoms with Gasteiger partial charge in [0.15, 0.2) is 0 Å². The summed E-state index contributed by atoms with van der Waals surface area (Å²) in [6, 6.07) is 9.12. The molecular weight excluding hydrogens is 282 g/mol. The Morgan fingerprint density at radius 3 is 2.73 bits per heavy atom. The van der Waals surface area contributed by atoms with Crippen molar-refractivity contribution >= 4 is 11.9 Å². The fourth-order valence-electron chi connectivity index (χ4n) is 2.53. The minimum Gasteiger partial charge on any atom is -0.466 e. The molecule has 0 saturated carbocycles. The van der Waals surface area contributed by atoms with Crippen LogP contribution in [0.1, 0.15) is 36.5 Å². The summed E-state index contributed by atoms with van der Waals surface area (Å²) >= 11 is 0. The third kappa shape index (κ3) is 4.84. The van der Waals surface area contributed by atoms with Gasteiger partial charge in [0.1, 0.15) is 0 Å². The smallest absolute Gasteiger partial charge is 0.307 e. The van der Waals surface area contributed by atoms with Crippen LogP contribution in [0.2, 0.25) is 0 Å². The second-order valence-electron chi connectivity index (χ2n) is 5.31. The lowest BCUT2D eigenvalue weighted by Gasteiger charge is -2.25. The van der Waals surface area contributed by atoms with E-state index in [1.165, 1.54) is 0 Å². The van der Waals surface area contributed by atoms with Crippen LogP contribution in [0.15, 0.2) is 30.3 Å². The molecule has 1 atom stereocenters. The van der Waals surface area contributed by atoms with Crippen molar-refractivity contribution in [3.05, 3.63) is 35.9 Å². The molecule has 0 radical (unpaired) electrons. The summed E-state index contributed by atoms with van der Waals surface area (Å²) in [5.41, 5.74) is 0.629. The molecule has 1 aromatic carbocycles. The summed E-state index contributed by atoms with van der Waals surface area (Å²) in [7, 11) is 0. The highest BCUT2D eigenvalue weighted by molar-refractivity contribution is 5.94. The predicted octanol–water partition coefficient (Wildman–Crippen LogP) is 2.26. The number of amides is 1. The van der Waals surface area contributed by atoms with Crippen LogP contribution < -0.4 is 0 Å². The first kappa shape index (κ1) is 16.5. The molecule has 0 aromatic heterocycles. The summed E-state index contributed by atoms with van der Waals surface area (Å²) in [6.07, 6.45) is 2.25. The summed E-state index contributed by atoms with van der Waals surface area (Å²) in [5.74, 6) is -0.346. The van der Waals surface area contributed by atoms with E-state index in [9.17, 15) is 9.59 Å². The number of esters is 1. The van der Waals surface area contributed by atoms with Crippen molar-refractivity contribution in [2.75, 3.05) is 26.3 Å². The molecule has 1 heterocycles. The van der Waals surface area contributed by atoms with Crippen LogP contribution in [-0.4, -0.2) is 49.2 Å². The zero-order valence-corrected chi connectivity index (χ0v) is 13.0. The van der Waals surface area contributed by atoms with Crippen LogP contribution >= 0.6 is 0 Å². The van der Waals surface area contributed by atoms with E-state index in [0.29, 0.717) is 25.3 Å². The molecule has 120 valence electrons. The molecule has 5 nitrogen and oxygen atoms in total. The van der Waals surface area contributed by atoms with Gasteiger partial charge in [-0.1, -0.05) is 18.2 Å². The molecule has 0 spiro atoms. The maximum atomic E-state index is 12.6. The van der Waals surface area contributed by atoms with Crippen LogP contribution in [-0.2, 0) is 14.3 Å². The Morgan fingerprint density at radius 2 is 2.09 bits per heavy atom. The number of ether oxygens (including phenoxy) is 2. The molecule has 1 aromatic rings. The Balaban J connectivity index is 1.99. The number of nitrogens with zero attached hydrogens (tertiary/aromatic N) is 1. The number of hydrogen-bond donors (Lipinski definition) is 0. The molecule has 1 aliphatic heterocycles. The predicted molar refractivity (Wildman–Crippen MR) is 82.6 cm³/mol. The van der Waals surface area contributed by atoms with Crippen molar-refractivity contribution in [2.24, 2.45) is 0 Å². The molecule has 1 fully saturated rings. The van der Waals surface area contributed by atoms with Gasteiger partial charge in [0.2, 0.25) is 0 Å². The maximum absolute atomic E-state index is 12.6. The molecule has 1 unspecified atom stereocenters. The Labute approximate surface area is 131 Å². The second kappa shape index (κ2) is 8.54. The highest BCUT2D eigenvalue weighted by atomic mass is 16.5. The molecule has 1 aliphatic rings. The van der Waals surface area contributed by atoms with E-state index in [4.69, 9.17) is 9.47 Å². The van der Waals surface area contributed by atoms with E-state index < -0.39 is 0 Å². The largest absolute Gasteiger partial charge is 0.466 e.